The molecule has 0 spiro atoms. The highest BCUT2D eigenvalue weighted by Crippen LogP contribution is 2.27. The standard InChI is InChI=1S/C11H16ClNOS/c1-13(9-3-2-4-10(9)14)7-8-5-6-11(12)15-8/h5-6,9-10,14H,2-4,7H2,1H3. The predicted octanol–water partition coefficient (Wildman–Crippen LogP) is 2.75. The van der Waals surface area contributed by atoms with Crippen molar-refractivity contribution in [2.75, 3.05) is 7.05 Å². The summed E-state index contributed by atoms with van der Waals surface area (Å²) in [4.78, 5) is 3.50. The average Bonchev–Trinajstić information content (AvgIpc) is 2.75. The lowest BCUT2D eigenvalue weighted by Crippen LogP contribution is -2.36. The van der Waals surface area contributed by atoms with E-state index in [1.807, 2.05) is 6.07 Å². The first kappa shape index (κ1) is 11.4. The summed E-state index contributed by atoms with van der Waals surface area (Å²) in [5.74, 6) is 0. The molecule has 0 aromatic carbocycles. The van der Waals surface area contributed by atoms with Crippen LogP contribution in [0.5, 0.6) is 0 Å². The Morgan fingerprint density at radius 2 is 2.33 bits per heavy atom. The number of halogens is 1. The van der Waals surface area contributed by atoms with E-state index in [1.54, 1.807) is 11.3 Å². The molecule has 1 aliphatic rings. The van der Waals surface area contributed by atoms with Crippen molar-refractivity contribution in [3.8, 4) is 0 Å². The molecular formula is C11H16ClNOS. The van der Waals surface area contributed by atoms with Crippen LogP contribution in [0, 0.1) is 0 Å². The molecule has 0 bridgehead atoms. The van der Waals surface area contributed by atoms with E-state index < -0.39 is 0 Å². The second-order valence-electron chi connectivity index (χ2n) is 4.19. The fraction of sp³-hybridized carbons (Fsp3) is 0.636. The van der Waals surface area contributed by atoms with Gasteiger partial charge in [0.1, 0.15) is 0 Å². The Labute approximate surface area is 99.5 Å². The predicted molar refractivity (Wildman–Crippen MR) is 64.4 cm³/mol. The van der Waals surface area contributed by atoms with E-state index in [4.69, 9.17) is 11.6 Å². The Morgan fingerprint density at radius 1 is 1.53 bits per heavy atom. The summed E-state index contributed by atoms with van der Waals surface area (Å²) in [5, 5.41) is 9.78. The first-order valence-corrected chi connectivity index (χ1v) is 6.49. The molecule has 1 N–H and O–H groups in total. The zero-order valence-electron chi connectivity index (χ0n) is 8.82. The topological polar surface area (TPSA) is 23.5 Å². The van der Waals surface area contributed by atoms with Crippen molar-refractivity contribution in [1.29, 1.82) is 0 Å². The molecular weight excluding hydrogens is 230 g/mol. The molecule has 4 heteroatoms. The Hall–Kier alpha value is -0.0900. The third-order valence-corrected chi connectivity index (χ3v) is 4.26. The minimum Gasteiger partial charge on any atom is -0.391 e. The van der Waals surface area contributed by atoms with E-state index in [0.29, 0.717) is 6.04 Å². The van der Waals surface area contributed by atoms with Gasteiger partial charge in [0.15, 0.2) is 0 Å². The normalized spacial score (nSPS) is 26.4. The summed E-state index contributed by atoms with van der Waals surface area (Å²) in [5.41, 5.74) is 0. The number of thiophene rings is 1. The van der Waals surface area contributed by atoms with Crippen molar-refractivity contribution < 1.29 is 5.11 Å². The van der Waals surface area contributed by atoms with Crippen molar-refractivity contribution in [1.82, 2.24) is 4.90 Å². The fourth-order valence-corrected chi connectivity index (χ4v) is 3.39. The highest BCUT2D eigenvalue weighted by molar-refractivity contribution is 7.16. The van der Waals surface area contributed by atoms with Crippen LogP contribution < -0.4 is 0 Å². The summed E-state index contributed by atoms with van der Waals surface area (Å²) in [6.45, 7) is 0.888. The van der Waals surface area contributed by atoms with Gasteiger partial charge in [-0.05, 0) is 38.4 Å². The second-order valence-corrected chi connectivity index (χ2v) is 5.99. The highest BCUT2D eigenvalue weighted by atomic mass is 35.5. The van der Waals surface area contributed by atoms with E-state index in [0.717, 1.165) is 30.1 Å². The van der Waals surface area contributed by atoms with Crippen molar-refractivity contribution in [2.24, 2.45) is 0 Å². The molecule has 1 saturated carbocycles. The van der Waals surface area contributed by atoms with E-state index in [2.05, 4.69) is 18.0 Å². The molecule has 0 radical (unpaired) electrons. The Kier molecular flexibility index (Phi) is 3.67. The van der Waals surface area contributed by atoms with Crippen LogP contribution in [-0.4, -0.2) is 29.2 Å². The van der Waals surface area contributed by atoms with Crippen LogP contribution in [0.1, 0.15) is 24.1 Å². The number of nitrogens with zero attached hydrogens (tertiary/aromatic N) is 1. The Balaban J connectivity index is 1.94. The van der Waals surface area contributed by atoms with Crippen LogP contribution in [0.4, 0.5) is 0 Å². The van der Waals surface area contributed by atoms with Gasteiger partial charge in [-0.2, -0.15) is 0 Å². The van der Waals surface area contributed by atoms with E-state index in [9.17, 15) is 5.11 Å². The number of aliphatic hydroxyl groups excluding tert-OH is 1. The molecule has 0 amide bonds. The second kappa shape index (κ2) is 4.83. The molecule has 1 heterocycles. The van der Waals surface area contributed by atoms with Gasteiger partial charge in [0.05, 0.1) is 10.4 Å². The van der Waals surface area contributed by atoms with Crippen LogP contribution in [0.15, 0.2) is 12.1 Å². The fourth-order valence-electron chi connectivity index (χ4n) is 2.23. The van der Waals surface area contributed by atoms with Gasteiger partial charge in [0.2, 0.25) is 0 Å². The first-order chi connectivity index (χ1) is 7.16. The SMILES string of the molecule is CN(Cc1ccc(Cl)s1)C1CCCC1O. The van der Waals surface area contributed by atoms with Gasteiger partial charge in [-0.3, -0.25) is 4.90 Å². The van der Waals surface area contributed by atoms with Crippen LogP contribution >= 0.6 is 22.9 Å². The smallest absolute Gasteiger partial charge is 0.0931 e. The lowest BCUT2D eigenvalue weighted by molar-refractivity contribution is 0.0830. The van der Waals surface area contributed by atoms with Crippen LogP contribution in [0.3, 0.4) is 0 Å². The molecule has 0 aliphatic heterocycles. The molecule has 84 valence electrons. The molecule has 1 aromatic rings. The van der Waals surface area contributed by atoms with E-state index in [-0.39, 0.29) is 6.10 Å². The maximum Gasteiger partial charge on any atom is 0.0931 e. The molecule has 0 saturated heterocycles. The lowest BCUT2D eigenvalue weighted by Gasteiger charge is -2.26. The third-order valence-electron chi connectivity index (χ3n) is 3.04. The van der Waals surface area contributed by atoms with Gasteiger partial charge in [0, 0.05) is 17.5 Å². The number of hydrogen-bond donors (Lipinski definition) is 1. The highest BCUT2D eigenvalue weighted by Gasteiger charge is 2.28. The molecule has 2 rings (SSSR count). The van der Waals surface area contributed by atoms with Gasteiger partial charge in [-0.1, -0.05) is 11.6 Å². The largest absolute Gasteiger partial charge is 0.391 e. The van der Waals surface area contributed by atoms with Crippen LogP contribution in [0.2, 0.25) is 4.34 Å². The Bertz CT molecular complexity index is 328. The quantitative estimate of drug-likeness (QED) is 0.885. The van der Waals surface area contributed by atoms with Gasteiger partial charge in [0.25, 0.3) is 0 Å². The van der Waals surface area contributed by atoms with Crippen molar-refractivity contribution in [3.63, 3.8) is 0 Å². The van der Waals surface area contributed by atoms with Crippen molar-refractivity contribution in [2.45, 2.75) is 38.0 Å². The van der Waals surface area contributed by atoms with Gasteiger partial charge >= 0.3 is 0 Å². The van der Waals surface area contributed by atoms with Gasteiger partial charge in [-0.25, -0.2) is 0 Å². The maximum atomic E-state index is 9.78. The molecule has 15 heavy (non-hydrogen) atoms. The number of aliphatic hydroxyl groups is 1. The number of rotatable bonds is 3. The minimum atomic E-state index is -0.148. The van der Waals surface area contributed by atoms with Gasteiger partial charge < -0.3 is 5.11 Å². The average molecular weight is 246 g/mol. The molecule has 1 fully saturated rings. The van der Waals surface area contributed by atoms with E-state index in [1.165, 1.54) is 4.88 Å². The van der Waals surface area contributed by atoms with Crippen molar-refractivity contribution >= 4 is 22.9 Å². The number of likely N-dealkylation sites (N-methyl/N-ethyl adjacent to an activating group) is 1. The first-order valence-electron chi connectivity index (χ1n) is 5.29. The van der Waals surface area contributed by atoms with Gasteiger partial charge in [-0.15, -0.1) is 11.3 Å². The number of hydrogen-bond acceptors (Lipinski definition) is 3. The monoisotopic (exact) mass is 245 g/mol. The maximum absolute atomic E-state index is 9.78. The summed E-state index contributed by atoms with van der Waals surface area (Å²) < 4.78 is 0.838. The zero-order chi connectivity index (χ0) is 10.8. The summed E-state index contributed by atoms with van der Waals surface area (Å²) in [6.07, 6.45) is 3.05. The van der Waals surface area contributed by atoms with Crippen molar-refractivity contribution in [3.05, 3.63) is 21.3 Å². The molecule has 2 atom stereocenters. The Morgan fingerprint density at radius 3 is 2.87 bits per heavy atom. The zero-order valence-corrected chi connectivity index (χ0v) is 10.4. The van der Waals surface area contributed by atoms with E-state index >= 15 is 0 Å². The summed E-state index contributed by atoms with van der Waals surface area (Å²) >= 11 is 7.50. The summed E-state index contributed by atoms with van der Waals surface area (Å²) in [6, 6.07) is 4.32. The molecule has 2 nitrogen and oxygen atoms in total. The minimum absolute atomic E-state index is 0.148. The summed E-state index contributed by atoms with van der Waals surface area (Å²) in [7, 11) is 2.08. The molecule has 1 aliphatic carbocycles. The molecule has 2 unspecified atom stereocenters. The van der Waals surface area contributed by atoms with Crippen LogP contribution in [0.25, 0.3) is 0 Å². The lowest BCUT2D eigenvalue weighted by atomic mass is 10.2. The third kappa shape index (κ3) is 2.72. The molecule has 1 aromatic heterocycles. The van der Waals surface area contributed by atoms with Crippen LogP contribution in [-0.2, 0) is 6.54 Å².